The number of aromatic nitrogens is 1. The molecule has 0 spiro atoms. The molecule has 0 bridgehead atoms. The van der Waals surface area contributed by atoms with Crippen LogP contribution in [0.1, 0.15) is 30.6 Å². The van der Waals surface area contributed by atoms with Gasteiger partial charge in [0.15, 0.2) is 0 Å². The molecule has 7 nitrogen and oxygen atoms in total. The second-order valence-corrected chi connectivity index (χ2v) is 11.7. The molecule has 4 rings (SSSR count). The third-order valence-electron chi connectivity index (χ3n) is 6.09. The Balaban J connectivity index is 1.72. The summed E-state index contributed by atoms with van der Waals surface area (Å²) in [7, 11) is -2.45. The lowest BCUT2D eigenvalue weighted by molar-refractivity contribution is 0.0621. The number of likely N-dealkylation sites (tertiary alicyclic amines) is 1. The summed E-state index contributed by atoms with van der Waals surface area (Å²) in [6, 6.07) is 11.2. The Kier molecular flexibility index (Phi) is 6.37. The van der Waals surface area contributed by atoms with Gasteiger partial charge >= 0.3 is 0 Å². The summed E-state index contributed by atoms with van der Waals surface area (Å²) in [6.45, 7) is 5.40. The van der Waals surface area contributed by atoms with Crippen molar-refractivity contribution in [3.63, 3.8) is 0 Å². The van der Waals surface area contributed by atoms with Crippen molar-refractivity contribution >= 4 is 48.5 Å². The molecular formula is C24H26BrN3O4S. The van der Waals surface area contributed by atoms with Gasteiger partial charge in [-0.05, 0) is 60.7 Å². The number of pyridine rings is 1. The zero-order valence-electron chi connectivity index (χ0n) is 18.7. The number of piperidine rings is 1. The number of carbonyl (C=O) groups excluding carboxylic acids is 1. The van der Waals surface area contributed by atoms with Gasteiger partial charge in [0.05, 0.1) is 10.6 Å². The Morgan fingerprint density at radius 2 is 1.73 bits per heavy atom. The molecule has 1 amide bonds. The van der Waals surface area contributed by atoms with Crippen molar-refractivity contribution in [2.75, 3.05) is 24.4 Å². The van der Waals surface area contributed by atoms with Crippen LogP contribution in [0.2, 0.25) is 0 Å². The summed E-state index contributed by atoms with van der Waals surface area (Å²) >= 11 is 3.34. The molecule has 1 saturated heterocycles. The highest BCUT2D eigenvalue weighted by Gasteiger charge is 2.28. The van der Waals surface area contributed by atoms with Crippen molar-refractivity contribution in [2.45, 2.75) is 25.2 Å². The summed E-state index contributed by atoms with van der Waals surface area (Å²) in [5.74, 6) is 0.406. The molecule has 1 N–H and O–H groups in total. The number of nitrogens with zero attached hydrogens (tertiary/aromatic N) is 2. The summed E-state index contributed by atoms with van der Waals surface area (Å²) in [4.78, 5) is 31.1. The van der Waals surface area contributed by atoms with Gasteiger partial charge in [0.25, 0.3) is 15.9 Å². The number of nitrogens with one attached hydrogen (secondary N) is 1. The highest BCUT2D eigenvalue weighted by Crippen LogP contribution is 2.26. The zero-order valence-corrected chi connectivity index (χ0v) is 21.1. The first-order valence-electron chi connectivity index (χ1n) is 10.8. The summed E-state index contributed by atoms with van der Waals surface area (Å²) in [5.41, 5.74) is 0.522. The van der Waals surface area contributed by atoms with E-state index in [2.05, 4.69) is 34.8 Å². The fourth-order valence-electron chi connectivity index (χ4n) is 4.46. The number of anilines is 1. The smallest absolute Gasteiger partial charge is 0.264 e. The second-order valence-electron chi connectivity index (χ2n) is 8.84. The molecule has 1 aromatic heterocycles. The zero-order chi connectivity index (χ0) is 23.9. The minimum absolute atomic E-state index is 0.0178. The van der Waals surface area contributed by atoms with Crippen molar-refractivity contribution in [3.8, 4) is 0 Å². The second kappa shape index (κ2) is 8.95. The molecule has 33 heavy (non-hydrogen) atoms. The van der Waals surface area contributed by atoms with Gasteiger partial charge in [-0.1, -0.05) is 29.8 Å². The molecule has 174 valence electrons. The molecule has 0 radical (unpaired) electrons. The standard InChI is InChI=1S/C24H26BrN3O4S/c1-15-10-16(2)14-28(13-15)24(30)21-12-26-22-9-8-19(11-20(22)23(21)29)33(31,32)27(3)18-6-4-17(25)5-7-18/h4-9,11-12,15-16H,10,13-14H2,1-3H3,(H,26,29). The number of sulfonamides is 1. The Labute approximate surface area is 201 Å². The van der Waals surface area contributed by atoms with Crippen LogP contribution >= 0.6 is 15.9 Å². The number of benzene rings is 2. The van der Waals surface area contributed by atoms with E-state index in [1.165, 1.54) is 29.7 Å². The third kappa shape index (κ3) is 4.56. The van der Waals surface area contributed by atoms with Crippen LogP contribution in [-0.4, -0.2) is 44.3 Å². The average Bonchev–Trinajstić information content (AvgIpc) is 2.78. The predicted octanol–water partition coefficient (Wildman–Crippen LogP) is 4.23. The molecule has 1 aliphatic heterocycles. The number of hydrogen-bond acceptors (Lipinski definition) is 4. The lowest BCUT2D eigenvalue weighted by atomic mass is 9.91. The minimum Gasteiger partial charge on any atom is -0.360 e. The Morgan fingerprint density at radius 1 is 1.09 bits per heavy atom. The van der Waals surface area contributed by atoms with Crippen LogP contribution < -0.4 is 9.73 Å². The number of rotatable bonds is 4. The van der Waals surface area contributed by atoms with Crippen LogP contribution in [0.3, 0.4) is 0 Å². The van der Waals surface area contributed by atoms with E-state index in [1.54, 1.807) is 35.2 Å². The van der Waals surface area contributed by atoms with Crippen LogP contribution in [0, 0.1) is 11.8 Å². The first-order valence-corrected chi connectivity index (χ1v) is 13.0. The third-order valence-corrected chi connectivity index (χ3v) is 8.40. The highest BCUT2D eigenvalue weighted by atomic mass is 79.9. The van der Waals surface area contributed by atoms with Gasteiger partial charge in [0, 0.05) is 41.7 Å². The molecule has 1 aliphatic rings. The number of carbonyl (C=O) groups is 1. The number of H-pyrrole nitrogens is 1. The molecule has 2 unspecified atom stereocenters. The molecule has 2 heterocycles. The lowest BCUT2D eigenvalue weighted by Gasteiger charge is -2.34. The van der Waals surface area contributed by atoms with E-state index in [-0.39, 0.29) is 21.8 Å². The van der Waals surface area contributed by atoms with Crippen LogP contribution in [0.5, 0.6) is 0 Å². The summed E-state index contributed by atoms with van der Waals surface area (Å²) < 4.78 is 28.5. The normalized spacial score (nSPS) is 19.0. The van der Waals surface area contributed by atoms with E-state index < -0.39 is 15.5 Å². The van der Waals surface area contributed by atoms with E-state index in [9.17, 15) is 18.0 Å². The van der Waals surface area contributed by atoms with Gasteiger partial charge in [0.2, 0.25) is 5.43 Å². The van der Waals surface area contributed by atoms with Crippen molar-refractivity contribution in [2.24, 2.45) is 11.8 Å². The summed E-state index contributed by atoms with van der Waals surface area (Å²) in [6.07, 6.45) is 2.48. The minimum atomic E-state index is -3.91. The van der Waals surface area contributed by atoms with E-state index in [4.69, 9.17) is 0 Å². The maximum absolute atomic E-state index is 13.3. The van der Waals surface area contributed by atoms with E-state index in [0.29, 0.717) is 36.1 Å². The number of aromatic amines is 1. The fraction of sp³-hybridized carbons (Fsp3) is 0.333. The van der Waals surface area contributed by atoms with Crippen molar-refractivity contribution < 1.29 is 13.2 Å². The van der Waals surface area contributed by atoms with Gasteiger partial charge in [-0.15, -0.1) is 0 Å². The van der Waals surface area contributed by atoms with Crippen molar-refractivity contribution in [1.29, 1.82) is 0 Å². The highest BCUT2D eigenvalue weighted by molar-refractivity contribution is 9.10. The van der Waals surface area contributed by atoms with Crippen molar-refractivity contribution in [3.05, 3.63) is 68.9 Å². The van der Waals surface area contributed by atoms with Crippen LogP contribution in [0.15, 0.2) is 62.8 Å². The van der Waals surface area contributed by atoms with Gasteiger partial charge in [-0.25, -0.2) is 8.42 Å². The largest absolute Gasteiger partial charge is 0.360 e. The predicted molar refractivity (Wildman–Crippen MR) is 133 cm³/mol. The van der Waals surface area contributed by atoms with Crippen LogP contribution in [0.25, 0.3) is 10.9 Å². The molecule has 2 aromatic carbocycles. The van der Waals surface area contributed by atoms with E-state index in [0.717, 1.165) is 10.9 Å². The van der Waals surface area contributed by atoms with Gasteiger partial charge in [-0.3, -0.25) is 13.9 Å². The first-order chi connectivity index (χ1) is 15.6. The Morgan fingerprint density at radius 3 is 2.36 bits per heavy atom. The molecule has 3 aromatic rings. The molecular weight excluding hydrogens is 506 g/mol. The maximum atomic E-state index is 13.3. The van der Waals surface area contributed by atoms with E-state index in [1.807, 2.05) is 0 Å². The SMILES string of the molecule is CC1CC(C)CN(C(=O)c2c[nH]c3ccc(S(=O)(=O)N(C)c4ccc(Br)cc4)cc3c2=O)C1. The summed E-state index contributed by atoms with van der Waals surface area (Å²) in [5, 5.41) is 0.171. The monoisotopic (exact) mass is 531 g/mol. The molecule has 2 atom stereocenters. The topological polar surface area (TPSA) is 90.6 Å². The Hall–Kier alpha value is -2.65. The molecule has 0 aliphatic carbocycles. The number of hydrogen-bond donors (Lipinski definition) is 1. The van der Waals surface area contributed by atoms with Crippen molar-refractivity contribution in [1.82, 2.24) is 9.88 Å². The lowest BCUT2D eigenvalue weighted by Crippen LogP contribution is -2.44. The molecule has 9 heteroatoms. The van der Waals surface area contributed by atoms with Gasteiger partial charge in [0.1, 0.15) is 5.56 Å². The maximum Gasteiger partial charge on any atom is 0.264 e. The van der Waals surface area contributed by atoms with E-state index >= 15 is 0 Å². The number of amides is 1. The van der Waals surface area contributed by atoms with Gasteiger partial charge < -0.3 is 9.88 Å². The van der Waals surface area contributed by atoms with Crippen LogP contribution in [-0.2, 0) is 10.0 Å². The first kappa shape index (κ1) is 23.5. The quantitative estimate of drug-likeness (QED) is 0.545. The molecule has 1 fully saturated rings. The van der Waals surface area contributed by atoms with Crippen LogP contribution in [0.4, 0.5) is 5.69 Å². The average molecular weight is 532 g/mol. The molecule has 0 saturated carbocycles. The number of fused-ring (bicyclic) bond motifs is 1. The fourth-order valence-corrected chi connectivity index (χ4v) is 5.95. The number of halogens is 1. The van der Waals surface area contributed by atoms with Gasteiger partial charge in [-0.2, -0.15) is 0 Å². The Bertz CT molecular complexity index is 1360.